The molecule has 0 spiro atoms. The van der Waals surface area contributed by atoms with Crippen molar-refractivity contribution in [3.63, 3.8) is 0 Å². The van der Waals surface area contributed by atoms with Gasteiger partial charge in [0.25, 0.3) is 0 Å². The van der Waals surface area contributed by atoms with Crippen molar-refractivity contribution in [1.82, 2.24) is 25.1 Å². The third-order valence-corrected chi connectivity index (χ3v) is 5.62. The molecule has 3 aromatic heterocycles. The van der Waals surface area contributed by atoms with Crippen LogP contribution in [0.4, 0.5) is 14.6 Å². The number of methoxy groups -OCH3 is 1. The maximum absolute atomic E-state index is 15.9. The SMILES string of the molecule is CCc1c(F)ccc2cc(O)cc(-c3ncc4c(NCc5cn[nH]c5)nc(OC)nc4c3F)c12. The first-order valence-electron chi connectivity index (χ1n) is 10.6. The number of phenols is 1. The molecule has 8 nitrogen and oxygen atoms in total. The largest absolute Gasteiger partial charge is 0.508 e. The fourth-order valence-electron chi connectivity index (χ4n) is 4.04. The quantitative estimate of drug-likeness (QED) is 0.335. The summed E-state index contributed by atoms with van der Waals surface area (Å²) in [7, 11) is 1.39. The summed E-state index contributed by atoms with van der Waals surface area (Å²) in [6, 6.07) is 5.76. The number of aromatic amines is 1. The Labute approximate surface area is 192 Å². The van der Waals surface area contributed by atoms with Crippen LogP contribution >= 0.6 is 0 Å². The lowest BCUT2D eigenvalue weighted by molar-refractivity contribution is 0.382. The Morgan fingerprint density at radius 1 is 1.15 bits per heavy atom. The molecule has 3 heterocycles. The van der Waals surface area contributed by atoms with Crippen LogP contribution < -0.4 is 10.1 Å². The van der Waals surface area contributed by atoms with Crippen LogP contribution in [-0.4, -0.2) is 37.4 Å². The van der Waals surface area contributed by atoms with Gasteiger partial charge in [-0.1, -0.05) is 13.0 Å². The highest BCUT2D eigenvalue weighted by molar-refractivity contribution is 6.01. The minimum absolute atomic E-state index is 0.0162. The van der Waals surface area contributed by atoms with Gasteiger partial charge in [-0.2, -0.15) is 15.1 Å². The van der Waals surface area contributed by atoms with E-state index in [-0.39, 0.29) is 28.5 Å². The molecule has 0 aliphatic rings. The van der Waals surface area contributed by atoms with Crippen LogP contribution in [-0.2, 0) is 13.0 Å². The zero-order valence-electron chi connectivity index (χ0n) is 18.4. The number of benzene rings is 2. The van der Waals surface area contributed by atoms with Crippen LogP contribution in [0.25, 0.3) is 32.9 Å². The average molecular weight is 462 g/mol. The van der Waals surface area contributed by atoms with Gasteiger partial charge < -0.3 is 15.2 Å². The Morgan fingerprint density at radius 3 is 2.74 bits per heavy atom. The van der Waals surface area contributed by atoms with Crippen LogP contribution in [0, 0.1) is 11.6 Å². The van der Waals surface area contributed by atoms with Crippen molar-refractivity contribution in [3.8, 4) is 23.0 Å². The first-order valence-corrected chi connectivity index (χ1v) is 10.6. The Kier molecular flexibility index (Phi) is 5.40. The number of fused-ring (bicyclic) bond motifs is 2. The van der Waals surface area contributed by atoms with Crippen molar-refractivity contribution in [2.45, 2.75) is 19.9 Å². The van der Waals surface area contributed by atoms with Crippen LogP contribution in [0.3, 0.4) is 0 Å². The molecule has 0 radical (unpaired) electrons. The molecule has 0 fully saturated rings. The number of aromatic hydroxyl groups is 1. The number of H-pyrrole nitrogens is 1. The standard InChI is InChI=1S/C24H20F2N6O2/c1-3-15-18(25)5-4-13-6-14(33)7-16(19(13)15)21-20(26)22-17(11-27-21)23(32-24(31-22)34-2)28-8-12-9-29-30-10-12/h4-7,9-11,33H,3,8H2,1-2H3,(H,29,30)(H,28,31,32). The molecule has 0 bridgehead atoms. The van der Waals surface area contributed by atoms with Gasteiger partial charge in [-0.05, 0) is 41.0 Å². The molecule has 0 aliphatic heterocycles. The predicted octanol–water partition coefficient (Wildman–Crippen LogP) is 4.74. The number of aryl methyl sites for hydroxylation is 1. The summed E-state index contributed by atoms with van der Waals surface area (Å²) < 4.78 is 35.7. The monoisotopic (exact) mass is 462 g/mol. The van der Waals surface area contributed by atoms with Crippen molar-refractivity contribution in [1.29, 1.82) is 0 Å². The topological polar surface area (TPSA) is 109 Å². The average Bonchev–Trinajstić information content (AvgIpc) is 3.36. The van der Waals surface area contributed by atoms with E-state index >= 15 is 4.39 Å². The highest BCUT2D eigenvalue weighted by atomic mass is 19.1. The van der Waals surface area contributed by atoms with E-state index < -0.39 is 11.6 Å². The smallest absolute Gasteiger partial charge is 0.318 e. The summed E-state index contributed by atoms with van der Waals surface area (Å²) in [6.45, 7) is 2.19. The number of pyridine rings is 1. The van der Waals surface area contributed by atoms with Crippen molar-refractivity contribution in [3.05, 3.63) is 65.6 Å². The Hall–Kier alpha value is -4.34. The lowest BCUT2D eigenvalue weighted by Crippen LogP contribution is -2.06. The molecule has 2 aromatic carbocycles. The third kappa shape index (κ3) is 3.62. The molecule has 0 saturated carbocycles. The number of rotatable bonds is 6. The number of nitrogens with one attached hydrogen (secondary N) is 2. The van der Waals surface area contributed by atoms with Gasteiger partial charge in [0.2, 0.25) is 0 Å². The molecule has 0 atom stereocenters. The maximum atomic E-state index is 15.9. The summed E-state index contributed by atoms with van der Waals surface area (Å²) in [6.07, 6.45) is 5.21. The summed E-state index contributed by atoms with van der Waals surface area (Å²) >= 11 is 0. The van der Waals surface area contributed by atoms with E-state index in [2.05, 4.69) is 30.5 Å². The number of halogens is 2. The van der Waals surface area contributed by atoms with Gasteiger partial charge >= 0.3 is 6.01 Å². The summed E-state index contributed by atoms with van der Waals surface area (Å²) in [4.78, 5) is 12.8. The van der Waals surface area contributed by atoms with Gasteiger partial charge in [-0.3, -0.25) is 10.1 Å². The number of aromatic nitrogens is 5. The first kappa shape index (κ1) is 21.5. The number of nitrogens with zero attached hydrogens (tertiary/aromatic N) is 4. The minimum Gasteiger partial charge on any atom is -0.508 e. The van der Waals surface area contributed by atoms with E-state index in [1.165, 1.54) is 31.5 Å². The maximum Gasteiger partial charge on any atom is 0.318 e. The summed E-state index contributed by atoms with van der Waals surface area (Å²) in [5, 5.41) is 21.5. The van der Waals surface area contributed by atoms with Crippen molar-refractivity contribution < 1.29 is 18.6 Å². The second-order valence-electron chi connectivity index (χ2n) is 7.67. The number of anilines is 1. The third-order valence-electron chi connectivity index (χ3n) is 5.62. The normalized spacial score (nSPS) is 11.3. The number of ether oxygens (including phenoxy) is 1. The van der Waals surface area contributed by atoms with Crippen LogP contribution in [0.1, 0.15) is 18.1 Å². The molecule has 5 aromatic rings. The molecule has 5 rings (SSSR count). The Balaban J connectivity index is 1.73. The highest BCUT2D eigenvalue weighted by Crippen LogP contribution is 2.38. The second-order valence-corrected chi connectivity index (χ2v) is 7.67. The highest BCUT2D eigenvalue weighted by Gasteiger charge is 2.21. The number of phenolic OH excluding ortho intramolecular Hbond substituents is 1. The fraction of sp³-hybridized carbons (Fsp3) is 0.167. The van der Waals surface area contributed by atoms with Gasteiger partial charge in [0, 0.05) is 30.1 Å². The van der Waals surface area contributed by atoms with Gasteiger partial charge in [0.15, 0.2) is 5.82 Å². The van der Waals surface area contributed by atoms with Gasteiger partial charge in [0.05, 0.1) is 18.7 Å². The molecule has 34 heavy (non-hydrogen) atoms. The molecule has 0 amide bonds. The Morgan fingerprint density at radius 2 is 2.00 bits per heavy atom. The van der Waals surface area contributed by atoms with Crippen LogP contribution in [0.15, 0.2) is 42.9 Å². The summed E-state index contributed by atoms with van der Waals surface area (Å²) in [5.41, 5.74) is 1.48. The molecular formula is C24H20F2N6O2. The molecular weight excluding hydrogens is 442 g/mol. The van der Waals surface area contributed by atoms with Crippen molar-refractivity contribution in [2.75, 3.05) is 12.4 Å². The van der Waals surface area contributed by atoms with Crippen molar-refractivity contribution in [2.24, 2.45) is 0 Å². The van der Waals surface area contributed by atoms with E-state index in [9.17, 15) is 9.50 Å². The van der Waals surface area contributed by atoms with Crippen LogP contribution in [0.2, 0.25) is 0 Å². The lowest BCUT2D eigenvalue weighted by atomic mass is 9.94. The molecule has 0 aliphatic carbocycles. The van der Waals surface area contributed by atoms with Crippen LogP contribution in [0.5, 0.6) is 11.8 Å². The van der Waals surface area contributed by atoms with Gasteiger partial charge in [-0.25, -0.2) is 8.78 Å². The predicted molar refractivity (Wildman–Crippen MR) is 124 cm³/mol. The van der Waals surface area contributed by atoms with Gasteiger partial charge in [0.1, 0.15) is 28.6 Å². The number of hydrogen-bond donors (Lipinski definition) is 3. The molecule has 172 valence electrons. The lowest BCUT2D eigenvalue weighted by Gasteiger charge is -2.15. The van der Waals surface area contributed by atoms with E-state index in [0.29, 0.717) is 40.5 Å². The molecule has 3 N–H and O–H groups in total. The zero-order chi connectivity index (χ0) is 23.8. The zero-order valence-corrected chi connectivity index (χ0v) is 18.4. The van der Waals surface area contributed by atoms with E-state index in [1.54, 1.807) is 18.5 Å². The van der Waals surface area contributed by atoms with E-state index in [0.717, 1.165) is 5.56 Å². The first-order chi connectivity index (χ1) is 16.5. The van der Waals surface area contributed by atoms with Crippen molar-refractivity contribution >= 4 is 27.5 Å². The number of hydrogen-bond acceptors (Lipinski definition) is 7. The van der Waals surface area contributed by atoms with Gasteiger partial charge in [-0.15, -0.1) is 0 Å². The molecule has 0 unspecified atom stereocenters. The molecule has 0 saturated heterocycles. The fourth-order valence-corrected chi connectivity index (χ4v) is 4.04. The van der Waals surface area contributed by atoms with E-state index in [1.807, 2.05) is 6.92 Å². The molecule has 10 heteroatoms. The summed E-state index contributed by atoms with van der Waals surface area (Å²) in [5.74, 6) is -0.886. The Bertz CT molecular complexity index is 1520. The minimum atomic E-state index is -0.734. The van der Waals surface area contributed by atoms with E-state index in [4.69, 9.17) is 4.74 Å². The second kappa shape index (κ2) is 8.54.